The van der Waals surface area contributed by atoms with E-state index in [4.69, 9.17) is 29.9 Å². The number of rotatable bonds is 21. The van der Waals surface area contributed by atoms with Gasteiger partial charge in [0.1, 0.15) is 0 Å². The SMILES string of the molecule is C[N+](C)(C)CCCCCCc1cc(-c2cc(-c3ccccn3)nc(-c3ccccn3)c2)sc1-c1sc(-c2cc(-c3ccccn3)nc(-c3ccccn3)c2)cc1CCCCCC[N+](C)(C)C. The molecule has 0 aliphatic heterocycles. The van der Waals surface area contributed by atoms with Gasteiger partial charge in [0, 0.05) is 44.3 Å². The fourth-order valence-corrected chi connectivity index (χ4v) is 10.9. The van der Waals surface area contributed by atoms with Crippen LogP contribution in [0.3, 0.4) is 0 Å². The van der Waals surface area contributed by atoms with Crippen molar-refractivity contribution in [3.8, 4) is 76.2 Å². The standard InChI is InChI=1S/C56H64N8S2/c1-63(2,3)33-21-9-7-11-23-41-39-53(43-35-49(45-25-13-17-29-57-45)61-50(36-43)46-26-14-18-30-58-46)65-55(41)56-42(24-12-8-10-22-34-64(4,5)6)40-54(66-56)44-37-51(47-27-15-19-31-59-47)62-52(38-44)48-28-16-20-32-60-48/h13-20,25-32,35-40H,7-12,21-24,33-34H2,1-6H3/q+2. The van der Waals surface area contributed by atoms with E-state index in [2.05, 4.69) is 78.7 Å². The van der Waals surface area contributed by atoms with Gasteiger partial charge in [-0.15, -0.1) is 22.7 Å². The number of quaternary nitrogens is 2. The van der Waals surface area contributed by atoms with Gasteiger partial charge in [0.05, 0.1) is 101 Å². The maximum absolute atomic E-state index is 5.12. The topological polar surface area (TPSA) is 77.3 Å². The number of nitrogens with zero attached hydrogens (tertiary/aromatic N) is 8. The zero-order chi connectivity index (χ0) is 45.9. The Bertz CT molecular complexity index is 2460. The largest absolute Gasteiger partial charge is 0.331 e. The van der Waals surface area contributed by atoms with Gasteiger partial charge < -0.3 is 8.97 Å². The third-order valence-electron chi connectivity index (χ3n) is 11.8. The second-order valence-corrected chi connectivity index (χ2v) is 21.5. The molecule has 8 heterocycles. The first-order valence-electron chi connectivity index (χ1n) is 23.5. The molecule has 0 bridgehead atoms. The van der Waals surface area contributed by atoms with E-state index in [0.29, 0.717) is 0 Å². The van der Waals surface area contributed by atoms with Crippen LogP contribution >= 0.6 is 22.7 Å². The van der Waals surface area contributed by atoms with Crippen LogP contribution in [-0.4, -0.2) is 94.2 Å². The van der Waals surface area contributed by atoms with Gasteiger partial charge in [0.25, 0.3) is 0 Å². The minimum absolute atomic E-state index is 0.844. The summed E-state index contributed by atoms with van der Waals surface area (Å²) in [5.41, 5.74) is 11.9. The van der Waals surface area contributed by atoms with E-state index in [1.165, 1.54) is 82.2 Å². The molecule has 0 aromatic carbocycles. The normalized spacial score (nSPS) is 11.9. The summed E-state index contributed by atoms with van der Waals surface area (Å²) in [5, 5.41) is 0. The molecule has 8 rings (SSSR count). The number of pyridine rings is 6. The van der Waals surface area contributed by atoms with Crippen LogP contribution in [-0.2, 0) is 12.8 Å². The molecular formula is C56H64N8S2+2. The Kier molecular flexibility index (Phi) is 15.4. The van der Waals surface area contributed by atoms with Crippen molar-refractivity contribution in [1.29, 1.82) is 0 Å². The molecule has 10 heteroatoms. The van der Waals surface area contributed by atoms with Gasteiger partial charge in [-0.3, -0.25) is 19.9 Å². The van der Waals surface area contributed by atoms with Crippen LogP contribution in [0.25, 0.3) is 76.2 Å². The van der Waals surface area contributed by atoms with Crippen molar-refractivity contribution >= 4 is 22.7 Å². The lowest BCUT2D eigenvalue weighted by Crippen LogP contribution is -2.35. The second kappa shape index (κ2) is 21.7. The number of hydrogen-bond acceptors (Lipinski definition) is 8. The molecule has 0 saturated carbocycles. The zero-order valence-corrected chi connectivity index (χ0v) is 41.2. The lowest BCUT2D eigenvalue weighted by molar-refractivity contribution is -0.870. The molecule has 8 nitrogen and oxygen atoms in total. The van der Waals surface area contributed by atoms with Crippen LogP contribution in [0.5, 0.6) is 0 Å². The van der Waals surface area contributed by atoms with E-state index in [1.54, 1.807) is 0 Å². The first-order chi connectivity index (χ1) is 32.0. The Morgan fingerprint density at radius 3 is 0.970 bits per heavy atom. The minimum atomic E-state index is 0.844. The molecule has 0 radical (unpaired) electrons. The highest BCUT2D eigenvalue weighted by Gasteiger charge is 2.22. The van der Waals surface area contributed by atoms with E-state index in [9.17, 15) is 0 Å². The number of thiophene rings is 2. The Morgan fingerprint density at radius 2 is 0.682 bits per heavy atom. The van der Waals surface area contributed by atoms with Crippen molar-refractivity contribution in [3.63, 3.8) is 0 Å². The Labute approximate surface area is 400 Å². The van der Waals surface area contributed by atoms with Gasteiger partial charge in [0.15, 0.2) is 0 Å². The molecule has 0 amide bonds. The predicted octanol–water partition coefficient (Wildman–Crippen LogP) is 13.5. The first-order valence-corrected chi connectivity index (χ1v) is 25.2. The van der Waals surface area contributed by atoms with Gasteiger partial charge in [-0.1, -0.05) is 37.1 Å². The Balaban J connectivity index is 1.23. The Morgan fingerprint density at radius 1 is 0.364 bits per heavy atom. The maximum atomic E-state index is 5.12. The second-order valence-electron chi connectivity index (χ2n) is 19.4. The first kappa shape index (κ1) is 46.7. The summed E-state index contributed by atoms with van der Waals surface area (Å²) in [6.45, 7) is 2.39. The molecule has 0 aliphatic carbocycles. The monoisotopic (exact) mass is 912 g/mol. The smallest absolute Gasteiger partial charge is 0.0900 e. The molecule has 0 atom stereocenters. The average molecular weight is 913 g/mol. The summed E-state index contributed by atoms with van der Waals surface area (Å²) >= 11 is 3.85. The summed E-state index contributed by atoms with van der Waals surface area (Å²) in [7, 11) is 13.7. The van der Waals surface area contributed by atoms with Crippen molar-refractivity contribution in [2.45, 2.75) is 64.2 Å². The van der Waals surface area contributed by atoms with Gasteiger partial charge in [0.2, 0.25) is 0 Å². The maximum Gasteiger partial charge on any atom is 0.0900 e. The Hall–Kier alpha value is -5.78. The lowest BCUT2D eigenvalue weighted by atomic mass is 10.0. The van der Waals surface area contributed by atoms with Gasteiger partial charge in [-0.25, -0.2) is 9.97 Å². The summed E-state index contributed by atoms with van der Waals surface area (Å²) in [6.07, 6.45) is 19.1. The van der Waals surface area contributed by atoms with E-state index < -0.39 is 0 Å². The van der Waals surface area contributed by atoms with Gasteiger partial charge >= 0.3 is 0 Å². The van der Waals surface area contributed by atoms with Crippen molar-refractivity contribution in [3.05, 3.63) is 145 Å². The molecule has 0 spiro atoms. The fourth-order valence-electron chi connectivity index (χ4n) is 8.34. The third-order valence-corrected chi connectivity index (χ3v) is 14.4. The van der Waals surface area contributed by atoms with Crippen LogP contribution in [0.4, 0.5) is 0 Å². The summed E-state index contributed by atoms with van der Waals surface area (Å²) < 4.78 is 2.02. The van der Waals surface area contributed by atoms with E-state index in [0.717, 1.165) is 91.3 Å². The molecule has 0 saturated heterocycles. The molecule has 66 heavy (non-hydrogen) atoms. The van der Waals surface area contributed by atoms with Gasteiger partial charge in [-0.05, 0) is 159 Å². The quantitative estimate of drug-likeness (QED) is 0.0528. The fraction of sp³-hybridized carbons (Fsp3) is 0.321. The number of aryl methyl sites for hydroxylation is 2. The van der Waals surface area contributed by atoms with E-state index in [1.807, 2.05) is 120 Å². The van der Waals surface area contributed by atoms with Crippen molar-refractivity contribution in [1.82, 2.24) is 29.9 Å². The molecule has 8 aromatic heterocycles. The molecule has 338 valence electrons. The molecule has 0 aliphatic rings. The zero-order valence-electron chi connectivity index (χ0n) is 39.6. The average Bonchev–Trinajstić information content (AvgIpc) is 3.96. The molecular weight excluding hydrogens is 849 g/mol. The van der Waals surface area contributed by atoms with Crippen LogP contribution in [0.15, 0.2) is 134 Å². The van der Waals surface area contributed by atoms with Gasteiger partial charge in [-0.2, -0.15) is 0 Å². The molecule has 0 N–H and O–H groups in total. The molecule has 0 fully saturated rings. The summed E-state index contributed by atoms with van der Waals surface area (Å²) in [6, 6.07) is 37.9. The lowest BCUT2D eigenvalue weighted by Gasteiger charge is -2.23. The highest BCUT2D eigenvalue weighted by Crippen LogP contribution is 2.47. The summed E-state index contributed by atoms with van der Waals surface area (Å²) in [5.74, 6) is 0. The predicted molar refractivity (Wildman–Crippen MR) is 277 cm³/mol. The van der Waals surface area contributed by atoms with Crippen LogP contribution in [0, 0.1) is 0 Å². The highest BCUT2D eigenvalue weighted by atomic mass is 32.1. The van der Waals surface area contributed by atoms with E-state index in [-0.39, 0.29) is 0 Å². The number of hydrogen-bond donors (Lipinski definition) is 0. The third kappa shape index (κ3) is 12.8. The molecule has 8 aromatic rings. The number of aromatic nitrogens is 6. The minimum Gasteiger partial charge on any atom is -0.331 e. The van der Waals surface area contributed by atoms with Crippen LogP contribution in [0.1, 0.15) is 62.5 Å². The van der Waals surface area contributed by atoms with Crippen LogP contribution in [0.2, 0.25) is 0 Å². The number of unbranched alkanes of at least 4 members (excludes halogenated alkanes) is 6. The summed E-state index contributed by atoms with van der Waals surface area (Å²) in [4.78, 5) is 34.4. The van der Waals surface area contributed by atoms with Crippen LogP contribution < -0.4 is 0 Å². The molecule has 0 unspecified atom stereocenters. The van der Waals surface area contributed by atoms with Crippen molar-refractivity contribution in [2.75, 3.05) is 55.4 Å². The van der Waals surface area contributed by atoms with E-state index >= 15 is 0 Å². The van der Waals surface area contributed by atoms with Crippen molar-refractivity contribution < 1.29 is 8.97 Å². The van der Waals surface area contributed by atoms with Crippen molar-refractivity contribution in [2.24, 2.45) is 0 Å². The highest BCUT2D eigenvalue weighted by molar-refractivity contribution is 7.25.